The Morgan fingerprint density at radius 2 is 1.89 bits per heavy atom. The van der Waals surface area contributed by atoms with E-state index in [4.69, 9.17) is 10.5 Å². The van der Waals surface area contributed by atoms with Crippen molar-refractivity contribution in [2.45, 2.75) is 12.1 Å². The summed E-state index contributed by atoms with van der Waals surface area (Å²) < 4.78 is 45.4. The van der Waals surface area contributed by atoms with Gasteiger partial charge in [-0.25, -0.2) is 0 Å². The van der Waals surface area contributed by atoms with Gasteiger partial charge in [0.15, 0.2) is 0 Å². The Bertz CT molecular complexity index is 1240. The molecule has 0 spiro atoms. The predicted octanol–water partition coefficient (Wildman–Crippen LogP) is 4.50. The highest BCUT2D eigenvalue weighted by Gasteiger charge is 2.36. The van der Waals surface area contributed by atoms with E-state index in [1.54, 1.807) is 24.3 Å². The summed E-state index contributed by atoms with van der Waals surface area (Å²) in [4.78, 5) is 12.9. The lowest BCUT2D eigenvalue weighted by Gasteiger charge is -2.26. The highest BCUT2D eigenvalue weighted by molar-refractivity contribution is 7.16. The molecule has 1 aromatic heterocycles. The monoisotopic (exact) mass is 400 g/mol. The molecule has 1 aliphatic rings. The van der Waals surface area contributed by atoms with Crippen LogP contribution in [-0.4, -0.2) is 0 Å². The summed E-state index contributed by atoms with van der Waals surface area (Å²) in [6, 6.07) is 13.4. The van der Waals surface area contributed by atoms with E-state index >= 15 is 0 Å². The molecule has 28 heavy (non-hydrogen) atoms. The fourth-order valence-electron chi connectivity index (χ4n) is 3.29. The third kappa shape index (κ3) is 2.80. The molecule has 8 heteroatoms. The second-order valence-electron chi connectivity index (χ2n) is 6.18. The van der Waals surface area contributed by atoms with Gasteiger partial charge in [-0.1, -0.05) is 41.7 Å². The van der Waals surface area contributed by atoms with Gasteiger partial charge >= 0.3 is 6.18 Å². The van der Waals surface area contributed by atoms with Crippen molar-refractivity contribution in [2.75, 3.05) is 0 Å². The van der Waals surface area contributed by atoms with Gasteiger partial charge < -0.3 is 10.5 Å². The summed E-state index contributed by atoms with van der Waals surface area (Å²) in [6.45, 7) is 0. The number of nitriles is 1. The first-order valence-corrected chi connectivity index (χ1v) is 8.93. The number of rotatable bonds is 1. The third-order valence-electron chi connectivity index (χ3n) is 4.52. The molecule has 140 valence electrons. The smallest absolute Gasteiger partial charge is 0.416 e. The van der Waals surface area contributed by atoms with Crippen molar-refractivity contribution in [3.8, 4) is 11.8 Å². The molecule has 4 rings (SSSR count). The molecule has 0 saturated carbocycles. The SMILES string of the molecule is N#CC1=C(N)Oc2c(c(=O)sc3ccccc23)[C@H]1c1cccc(C(F)(F)F)c1. The lowest BCUT2D eigenvalue weighted by molar-refractivity contribution is -0.137. The molecule has 1 atom stereocenters. The molecule has 0 bridgehead atoms. The molecule has 3 aromatic rings. The Labute approximate surface area is 160 Å². The lowest BCUT2D eigenvalue weighted by Crippen LogP contribution is -2.25. The minimum absolute atomic E-state index is 0.0913. The van der Waals surface area contributed by atoms with Gasteiger partial charge in [-0.3, -0.25) is 4.79 Å². The molecular weight excluding hydrogens is 389 g/mol. The molecule has 4 nitrogen and oxygen atoms in total. The van der Waals surface area contributed by atoms with Crippen LogP contribution in [0.4, 0.5) is 13.2 Å². The Hall–Kier alpha value is -3.31. The van der Waals surface area contributed by atoms with Crippen molar-refractivity contribution < 1.29 is 17.9 Å². The average molecular weight is 400 g/mol. The molecule has 1 aliphatic heterocycles. The zero-order valence-corrected chi connectivity index (χ0v) is 14.9. The number of fused-ring (bicyclic) bond motifs is 3. The number of hydrogen-bond donors (Lipinski definition) is 1. The standard InChI is InChI=1S/C20H11F3N2O2S/c21-20(22,23)11-5-3-4-10(8-11)15-13(9-24)18(25)27-17-12-6-1-2-7-14(12)28-19(26)16(15)17/h1-8,15H,25H2/t15-/m0/s1. The van der Waals surface area contributed by atoms with Gasteiger partial charge in [0, 0.05) is 10.1 Å². The van der Waals surface area contributed by atoms with E-state index < -0.39 is 22.4 Å². The maximum Gasteiger partial charge on any atom is 0.416 e. The van der Waals surface area contributed by atoms with Crippen LogP contribution in [0.5, 0.6) is 5.75 Å². The summed E-state index contributed by atoms with van der Waals surface area (Å²) in [5.74, 6) is -1.08. The molecule has 0 radical (unpaired) electrons. The van der Waals surface area contributed by atoms with E-state index in [2.05, 4.69) is 0 Å². The van der Waals surface area contributed by atoms with E-state index in [1.165, 1.54) is 12.1 Å². The van der Waals surface area contributed by atoms with E-state index in [0.29, 0.717) is 10.1 Å². The van der Waals surface area contributed by atoms with Crippen LogP contribution in [0.25, 0.3) is 10.1 Å². The molecule has 2 heterocycles. The lowest BCUT2D eigenvalue weighted by atomic mass is 9.83. The Morgan fingerprint density at radius 1 is 1.14 bits per heavy atom. The number of hydrogen-bond acceptors (Lipinski definition) is 5. The molecule has 0 saturated heterocycles. The largest absolute Gasteiger partial charge is 0.439 e. The first kappa shape index (κ1) is 18.1. The number of nitrogens with zero attached hydrogens (tertiary/aromatic N) is 1. The zero-order chi connectivity index (χ0) is 20.1. The summed E-state index contributed by atoms with van der Waals surface area (Å²) in [5, 5.41) is 10.2. The summed E-state index contributed by atoms with van der Waals surface area (Å²) in [6.07, 6.45) is -4.56. The highest BCUT2D eigenvalue weighted by Crippen LogP contribution is 2.45. The van der Waals surface area contributed by atoms with Gasteiger partial charge in [0.1, 0.15) is 17.4 Å². The van der Waals surface area contributed by atoms with Crippen LogP contribution in [0.2, 0.25) is 0 Å². The molecular formula is C20H11F3N2O2S. The van der Waals surface area contributed by atoms with Crippen LogP contribution >= 0.6 is 11.3 Å². The molecule has 0 unspecified atom stereocenters. The van der Waals surface area contributed by atoms with Crippen molar-refractivity contribution in [1.82, 2.24) is 0 Å². The Morgan fingerprint density at radius 3 is 2.61 bits per heavy atom. The van der Waals surface area contributed by atoms with Crippen molar-refractivity contribution >= 4 is 21.4 Å². The number of nitrogens with two attached hydrogens (primary N) is 1. The summed E-state index contributed by atoms with van der Waals surface area (Å²) in [5.41, 5.74) is 5.22. The number of allylic oxidation sites excluding steroid dienone is 1. The van der Waals surface area contributed by atoms with Gasteiger partial charge in [0.2, 0.25) is 10.6 Å². The normalized spacial score (nSPS) is 16.4. The summed E-state index contributed by atoms with van der Waals surface area (Å²) >= 11 is 0.948. The topological polar surface area (TPSA) is 76.1 Å². The Balaban J connectivity index is 2.05. The van der Waals surface area contributed by atoms with Crippen LogP contribution in [0.1, 0.15) is 22.6 Å². The minimum Gasteiger partial charge on any atom is -0.439 e. The van der Waals surface area contributed by atoms with Gasteiger partial charge in [0.05, 0.1) is 17.0 Å². The fourth-order valence-corrected chi connectivity index (χ4v) is 4.23. The number of ether oxygens (including phenoxy) is 1. The first-order chi connectivity index (χ1) is 13.3. The number of halogens is 3. The van der Waals surface area contributed by atoms with E-state index in [0.717, 1.165) is 23.5 Å². The quantitative estimate of drug-likeness (QED) is 0.653. The molecule has 0 fully saturated rings. The molecule has 0 amide bonds. The number of benzene rings is 2. The van der Waals surface area contributed by atoms with Crippen molar-refractivity contribution in [3.05, 3.63) is 86.2 Å². The second kappa shape index (κ2) is 6.39. The van der Waals surface area contributed by atoms with E-state index in [1.807, 2.05) is 6.07 Å². The summed E-state index contributed by atoms with van der Waals surface area (Å²) in [7, 11) is 0. The number of alkyl halides is 3. The van der Waals surface area contributed by atoms with Crippen LogP contribution in [0.3, 0.4) is 0 Å². The zero-order valence-electron chi connectivity index (χ0n) is 14.1. The van der Waals surface area contributed by atoms with Crippen molar-refractivity contribution in [2.24, 2.45) is 5.73 Å². The highest BCUT2D eigenvalue weighted by atomic mass is 32.1. The first-order valence-electron chi connectivity index (χ1n) is 8.11. The third-order valence-corrected chi connectivity index (χ3v) is 5.50. The second-order valence-corrected chi connectivity index (χ2v) is 7.19. The van der Waals surface area contributed by atoms with E-state index in [-0.39, 0.29) is 28.3 Å². The van der Waals surface area contributed by atoms with Gasteiger partial charge in [-0.05, 0) is 23.8 Å². The van der Waals surface area contributed by atoms with Gasteiger partial charge in [0.25, 0.3) is 0 Å². The molecule has 2 aromatic carbocycles. The average Bonchev–Trinajstić information content (AvgIpc) is 2.66. The Kier molecular flexibility index (Phi) is 4.12. The maximum absolute atomic E-state index is 13.2. The molecule has 2 N–H and O–H groups in total. The fraction of sp³-hybridized carbons (Fsp3) is 0.100. The maximum atomic E-state index is 13.2. The minimum atomic E-state index is -4.56. The van der Waals surface area contributed by atoms with Crippen molar-refractivity contribution in [3.63, 3.8) is 0 Å². The van der Waals surface area contributed by atoms with Crippen LogP contribution < -0.4 is 15.2 Å². The molecule has 0 aliphatic carbocycles. The van der Waals surface area contributed by atoms with Crippen LogP contribution in [-0.2, 0) is 6.18 Å². The van der Waals surface area contributed by atoms with Gasteiger partial charge in [-0.2, -0.15) is 18.4 Å². The van der Waals surface area contributed by atoms with Crippen LogP contribution in [0, 0.1) is 11.3 Å². The van der Waals surface area contributed by atoms with Crippen molar-refractivity contribution in [1.29, 1.82) is 5.26 Å². The van der Waals surface area contributed by atoms with Gasteiger partial charge in [-0.15, -0.1) is 0 Å². The predicted molar refractivity (Wildman–Crippen MR) is 98.8 cm³/mol. The van der Waals surface area contributed by atoms with Crippen LogP contribution in [0.15, 0.2) is 64.8 Å². The van der Waals surface area contributed by atoms with E-state index in [9.17, 15) is 23.2 Å².